The van der Waals surface area contributed by atoms with Crippen molar-refractivity contribution in [1.29, 1.82) is 0 Å². The first-order valence-corrected chi connectivity index (χ1v) is 21.1. The molecule has 0 atom stereocenters. The summed E-state index contributed by atoms with van der Waals surface area (Å²) in [6.45, 7) is 12.3. The van der Waals surface area contributed by atoms with E-state index in [-0.39, 0.29) is 24.7 Å². The zero-order valence-electron chi connectivity index (χ0n) is 35.0. The minimum absolute atomic E-state index is 0.00583. The Morgan fingerprint density at radius 3 is 1.42 bits per heavy atom. The van der Waals surface area contributed by atoms with Gasteiger partial charge in [0.25, 0.3) is 0 Å². The van der Waals surface area contributed by atoms with Crippen LogP contribution in [0.25, 0.3) is 0 Å². The topological polar surface area (TPSA) is 173 Å². The largest absolute Gasteiger partial charge is 0.368 e. The van der Waals surface area contributed by atoms with Crippen molar-refractivity contribution in [2.24, 2.45) is 0 Å². The van der Waals surface area contributed by atoms with Crippen LogP contribution in [0.4, 0.5) is 57.9 Å². The van der Waals surface area contributed by atoms with Crippen LogP contribution < -0.4 is 40.9 Å². The van der Waals surface area contributed by atoms with Crippen LogP contribution in [0.3, 0.4) is 0 Å². The Hall–Kier alpha value is -7.07. The molecule has 62 heavy (non-hydrogen) atoms. The molecule has 2 aliphatic heterocycles. The number of piperazine rings is 2. The van der Waals surface area contributed by atoms with Gasteiger partial charge in [0.05, 0.1) is 10.7 Å². The third-order valence-electron chi connectivity index (χ3n) is 11.2. The first kappa shape index (κ1) is 41.7. The van der Waals surface area contributed by atoms with Crippen molar-refractivity contribution in [3.63, 3.8) is 0 Å². The van der Waals surface area contributed by atoms with E-state index in [1.165, 1.54) is 23.9 Å². The number of benzene rings is 4. The van der Waals surface area contributed by atoms with E-state index in [1.54, 1.807) is 0 Å². The van der Waals surface area contributed by atoms with Gasteiger partial charge >= 0.3 is 0 Å². The summed E-state index contributed by atoms with van der Waals surface area (Å²) >= 11 is 6.43. The van der Waals surface area contributed by atoms with Crippen LogP contribution >= 0.6 is 11.6 Å². The molecule has 0 spiro atoms. The Morgan fingerprint density at radius 2 is 0.935 bits per heavy atom. The molecule has 2 aliphatic rings. The Labute approximate surface area is 365 Å². The van der Waals surface area contributed by atoms with Crippen molar-refractivity contribution in [2.45, 2.75) is 33.6 Å². The van der Waals surface area contributed by atoms with Gasteiger partial charge in [0.2, 0.25) is 35.6 Å². The molecule has 16 nitrogen and oxygen atoms in total. The molecule has 0 aliphatic carbocycles. The summed E-state index contributed by atoms with van der Waals surface area (Å²) in [4.78, 5) is 62.2. The second-order valence-corrected chi connectivity index (χ2v) is 15.6. The molecule has 6 aromatic rings. The maximum absolute atomic E-state index is 13.1. The maximum atomic E-state index is 13.1. The molecule has 8 rings (SSSR count). The number of carbonyl (C=O) groups excluding carboxylic acids is 2. The zero-order valence-corrected chi connectivity index (χ0v) is 35.7. The molecule has 0 bridgehead atoms. The average molecular weight is 853 g/mol. The maximum Gasteiger partial charge on any atom is 0.232 e. The van der Waals surface area contributed by atoms with Crippen LogP contribution in [-0.4, -0.2) is 94.1 Å². The van der Waals surface area contributed by atoms with Crippen LogP contribution in [0.15, 0.2) is 97.6 Å². The normalized spacial score (nSPS) is 14.1. The van der Waals surface area contributed by atoms with E-state index < -0.39 is 0 Å². The van der Waals surface area contributed by atoms with Crippen LogP contribution in [-0.2, 0) is 9.59 Å². The lowest BCUT2D eigenvalue weighted by atomic mass is 10.1. The third-order valence-corrected chi connectivity index (χ3v) is 11.5. The molecular formula is C45H49ClN14O2. The fourth-order valence-corrected chi connectivity index (χ4v) is 7.88. The van der Waals surface area contributed by atoms with Gasteiger partial charge in [-0.3, -0.25) is 9.59 Å². The molecule has 0 radical (unpaired) electrons. The van der Waals surface area contributed by atoms with Crippen LogP contribution in [0.1, 0.15) is 29.5 Å². The first-order chi connectivity index (χ1) is 30.2. The SMILES string of the molecule is Cc1ccccc1N1CCN(c2ncnc(Nc3cccc(NC(=O)CCC(=O)Nc4cccc(Nc5ncnc(N6CCN(c7ccccc7Cl)CC6)n5)c4C)c3C)n2)CC1. The molecule has 2 aromatic heterocycles. The van der Waals surface area contributed by atoms with Crippen molar-refractivity contribution in [2.75, 3.05) is 93.2 Å². The predicted octanol–water partition coefficient (Wildman–Crippen LogP) is 7.13. The van der Waals surface area contributed by atoms with Crippen molar-refractivity contribution in [3.05, 3.63) is 119 Å². The van der Waals surface area contributed by atoms with Gasteiger partial charge < -0.3 is 40.9 Å². The van der Waals surface area contributed by atoms with E-state index in [9.17, 15) is 9.59 Å². The number of para-hydroxylation sites is 2. The van der Waals surface area contributed by atoms with Crippen LogP contribution in [0, 0.1) is 20.8 Å². The van der Waals surface area contributed by atoms with Gasteiger partial charge in [-0.2, -0.15) is 9.97 Å². The van der Waals surface area contributed by atoms with E-state index >= 15 is 0 Å². The molecule has 2 saturated heterocycles. The standard InChI is InChI=1S/C45H49ClN14O2/c1-30-10-4-6-16-38(30)57-20-24-59(25-21-57)44-49-28-47-42(55-44)53-36-14-8-12-34(31(36)2)51-40(61)18-19-41(62)52-35-13-9-15-37(32(35)3)54-43-48-29-50-45(56-43)60-26-22-58(23-27-60)39-17-7-5-11-33(39)46/h4-17,28-29H,18-27H2,1-3H3,(H,51,61)(H,52,62)(H,47,49,53,55)(H,48,50,54,56). The number of rotatable bonds is 13. The van der Waals surface area contributed by atoms with E-state index in [2.05, 4.69) is 97.0 Å². The van der Waals surface area contributed by atoms with E-state index in [0.29, 0.717) is 35.2 Å². The highest BCUT2D eigenvalue weighted by Gasteiger charge is 2.23. The number of anilines is 10. The Balaban J connectivity index is 0.814. The highest BCUT2D eigenvalue weighted by Crippen LogP contribution is 2.30. The third kappa shape index (κ3) is 9.92. The molecule has 2 fully saturated rings. The van der Waals surface area contributed by atoms with E-state index in [1.807, 2.05) is 74.5 Å². The highest BCUT2D eigenvalue weighted by molar-refractivity contribution is 6.33. The number of hydrogen-bond donors (Lipinski definition) is 4. The fraction of sp³-hybridized carbons (Fsp3) is 0.289. The zero-order chi connectivity index (χ0) is 43.0. The van der Waals surface area contributed by atoms with Gasteiger partial charge in [-0.25, -0.2) is 19.9 Å². The summed E-state index contributed by atoms with van der Waals surface area (Å²) in [7, 11) is 0. The number of nitrogens with one attached hydrogen (secondary N) is 4. The number of aromatic nitrogens is 6. The van der Waals surface area contributed by atoms with Gasteiger partial charge in [-0.1, -0.05) is 54.1 Å². The number of carbonyl (C=O) groups is 2. The number of halogens is 1. The molecule has 4 N–H and O–H groups in total. The number of hydrogen-bond acceptors (Lipinski definition) is 14. The summed E-state index contributed by atoms with van der Waals surface area (Å²) in [6, 6.07) is 27.4. The van der Waals surface area contributed by atoms with Gasteiger partial charge in [0.15, 0.2) is 0 Å². The molecule has 318 valence electrons. The van der Waals surface area contributed by atoms with Crippen LogP contribution in [0.2, 0.25) is 5.02 Å². The van der Waals surface area contributed by atoms with Crippen molar-refractivity contribution in [3.8, 4) is 0 Å². The summed E-state index contributed by atoms with van der Waals surface area (Å²) < 4.78 is 0. The van der Waals surface area contributed by atoms with Crippen molar-refractivity contribution < 1.29 is 9.59 Å². The monoisotopic (exact) mass is 852 g/mol. The van der Waals surface area contributed by atoms with Crippen molar-refractivity contribution in [1.82, 2.24) is 29.9 Å². The Bertz CT molecular complexity index is 2370. The fourth-order valence-electron chi connectivity index (χ4n) is 7.63. The predicted molar refractivity (Wildman–Crippen MR) is 247 cm³/mol. The number of amides is 2. The molecule has 4 heterocycles. The average Bonchev–Trinajstić information content (AvgIpc) is 3.29. The molecule has 0 unspecified atom stereocenters. The summed E-state index contributed by atoms with van der Waals surface area (Å²) in [5.41, 5.74) is 7.86. The van der Waals surface area contributed by atoms with Gasteiger partial charge in [-0.15, -0.1) is 0 Å². The lowest BCUT2D eigenvalue weighted by Gasteiger charge is -2.36. The lowest BCUT2D eigenvalue weighted by molar-refractivity contribution is -0.121. The summed E-state index contributed by atoms with van der Waals surface area (Å²) in [5.74, 6) is 1.42. The first-order valence-electron chi connectivity index (χ1n) is 20.7. The van der Waals surface area contributed by atoms with Gasteiger partial charge in [0.1, 0.15) is 12.7 Å². The molecular weight excluding hydrogens is 804 g/mol. The minimum Gasteiger partial charge on any atom is -0.368 e. The van der Waals surface area contributed by atoms with Crippen LogP contribution in [0.5, 0.6) is 0 Å². The van der Waals surface area contributed by atoms with E-state index in [4.69, 9.17) is 16.6 Å². The molecule has 2 amide bonds. The van der Waals surface area contributed by atoms with Gasteiger partial charge in [-0.05, 0) is 79.9 Å². The quantitative estimate of drug-likeness (QED) is 0.0924. The Morgan fingerprint density at radius 1 is 0.516 bits per heavy atom. The van der Waals surface area contributed by atoms with E-state index in [0.717, 1.165) is 85.6 Å². The smallest absolute Gasteiger partial charge is 0.232 e. The second kappa shape index (κ2) is 19.1. The number of nitrogens with zero attached hydrogens (tertiary/aromatic N) is 10. The summed E-state index contributed by atoms with van der Waals surface area (Å²) in [5, 5.41) is 13.2. The summed E-state index contributed by atoms with van der Waals surface area (Å²) in [6.07, 6.45) is 2.99. The molecule has 0 saturated carbocycles. The lowest BCUT2D eigenvalue weighted by Crippen LogP contribution is -2.47. The van der Waals surface area contributed by atoms with Crippen molar-refractivity contribution >= 4 is 81.3 Å². The Kier molecular flexibility index (Phi) is 12.8. The number of aryl methyl sites for hydroxylation is 1. The highest BCUT2D eigenvalue weighted by atomic mass is 35.5. The van der Waals surface area contributed by atoms with Gasteiger partial charge in [0, 0.05) is 93.6 Å². The minimum atomic E-state index is -0.284. The second-order valence-electron chi connectivity index (χ2n) is 15.2. The molecule has 17 heteroatoms. The molecule has 4 aromatic carbocycles.